The van der Waals surface area contributed by atoms with E-state index in [-0.39, 0.29) is 26.1 Å². The van der Waals surface area contributed by atoms with E-state index in [0.717, 1.165) is 12.8 Å². The van der Waals surface area contributed by atoms with Crippen LogP contribution in [0.2, 0.25) is 0 Å². The minimum absolute atomic E-state index is 0.223. The van der Waals surface area contributed by atoms with E-state index in [4.69, 9.17) is 18.9 Å². The fourth-order valence-electron chi connectivity index (χ4n) is 2.64. The quantitative estimate of drug-likeness (QED) is 0.289. The van der Waals surface area contributed by atoms with E-state index in [9.17, 15) is 30.0 Å². The highest BCUT2D eigenvalue weighted by Crippen LogP contribution is 2.23. The number of aliphatic hydroxyl groups is 4. The van der Waals surface area contributed by atoms with Crippen molar-refractivity contribution in [1.82, 2.24) is 0 Å². The van der Waals surface area contributed by atoms with Crippen LogP contribution in [-0.4, -0.2) is 89.0 Å². The van der Waals surface area contributed by atoms with Gasteiger partial charge in [0.2, 0.25) is 0 Å². The monoisotopic (exact) mass is 422 g/mol. The number of aliphatic hydroxyl groups excluding tert-OH is 4. The molecule has 1 aliphatic heterocycles. The number of carbonyl (C=O) groups excluding carboxylic acids is 2. The first-order chi connectivity index (χ1) is 13.8. The molecule has 1 heterocycles. The molecule has 6 atom stereocenters. The third kappa shape index (κ3) is 8.93. The minimum Gasteiger partial charge on any atom is -0.463 e. The Labute approximate surface area is 170 Å². The molecule has 10 heteroatoms. The van der Waals surface area contributed by atoms with Crippen molar-refractivity contribution in [3.63, 3.8) is 0 Å². The number of ether oxygens (including phenoxy) is 4. The molecule has 0 unspecified atom stereocenters. The lowest BCUT2D eigenvalue weighted by Crippen LogP contribution is -2.60. The first kappa shape index (κ1) is 25.7. The summed E-state index contributed by atoms with van der Waals surface area (Å²) in [5.41, 5.74) is 0. The number of unbranched alkanes of at least 4 members (excludes halogenated alkanes) is 2. The topological polar surface area (TPSA) is 152 Å². The van der Waals surface area contributed by atoms with Gasteiger partial charge in [0.05, 0.1) is 6.61 Å². The van der Waals surface area contributed by atoms with Crippen molar-refractivity contribution in [3.8, 4) is 0 Å². The van der Waals surface area contributed by atoms with Crippen molar-refractivity contribution >= 4 is 11.9 Å². The molecular weight excluding hydrogens is 388 g/mol. The van der Waals surface area contributed by atoms with Crippen LogP contribution in [0.15, 0.2) is 0 Å². The lowest BCUT2D eigenvalue weighted by Gasteiger charge is -2.40. The smallest absolute Gasteiger partial charge is 0.305 e. The van der Waals surface area contributed by atoms with E-state index in [1.54, 1.807) is 0 Å². The van der Waals surface area contributed by atoms with Gasteiger partial charge in [0.1, 0.15) is 43.7 Å². The normalized spacial score (nSPS) is 28.0. The summed E-state index contributed by atoms with van der Waals surface area (Å²) in [5.74, 6) is -0.903. The van der Waals surface area contributed by atoms with Gasteiger partial charge in [-0.1, -0.05) is 26.7 Å². The van der Waals surface area contributed by atoms with Crippen molar-refractivity contribution in [2.24, 2.45) is 0 Å². The summed E-state index contributed by atoms with van der Waals surface area (Å²) in [5, 5.41) is 39.6. The van der Waals surface area contributed by atoms with Crippen LogP contribution in [0.5, 0.6) is 0 Å². The van der Waals surface area contributed by atoms with Crippen LogP contribution in [-0.2, 0) is 28.5 Å². The van der Waals surface area contributed by atoms with Gasteiger partial charge >= 0.3 is 11.9 Å². The Morgan fingerprint density at radius 1 is 0.931 bits per heavy atom. The maximum Gasteiger partial charge on any atom is 0.305 e. The molecule has 170 valence electrons. The fraction of sp³-hybridized carbons (Fsp3) is 0.895. The molecule has 29 heavy (non-hydrogen) atoms. The predicted octanol–water partition coefficient (Wildman–Crippen LogP) is -0.362. The Hall–Kier alpha value is -1.30. The lowest BCUT2D eigenvalue weighted by atomic mass is 9.99. The molecule has 0 aromatic carbocycles. The van der Waals surface area contributed by atoms with Crippen LogP contribution < -0.4 is 0 Å². The molecule has 0 aliphatic carbocycles. The zero-order valence-electron chi connectivity index (χ0n) is 17.1. The Morgan fingerprint density at radius 3 is 2.07 bits per heavy atom. The summed E-state index contributed by atoms with van der Waals surface area (Å²) < 4.78 is 20.9. The molecule has 0 amide bonds. The maximum atomic E-state index is 11.6. The van der Waals surface area contributed by atoms with Crippen LogP contribution in [0, 0.1) is 0 Å². The predicted molar refractivity (Wildman–Crippen MR) is 99.6 cm³/mol. The van der Waals surface area contributed by atoms with Gasteiger partial charge in [0.15, 0.2) is 6.29 Å². The fourth-order valence-corrected chi connectivity index (χ4v) is 2.64. The average molecular weight is 422 g/mol. The second-order valence-corrected chi connectivity index (χ2v) is 7.03. The highest BCUT2D eigenvalue weighted by molar-refractivity contribution is 5.69. The molecule has 1 saturated heterocycles. The van der Waals surface area contributed by atoms with Gasteiger partial charge in [-0.15, -0.1) is 0 Å². The molecule has 0 aromatic heterocycles. The Balaban J connectivity index is 2.58. The molecule has 0 saturated carbocycles. The Morgan fingerprint density at radius 2 is 1.52 bits per heavy atom. The van der Waals surface area contributed by atoms with Crippen molar-refractivity contribution in [3.05, 3.63) is 0 Å². The molecular formula is C19H34O10. The average Bonchev–Trinajstić information content (AvgIpc) is 2.72. The van der Waals surface area contributed by atoms with Crippen LogP contribution >= 0.6 is 0 Å². The van der Waals surface area contributed by atoms with Gasteiger partial charge < -0.3 is 39.4 Å². The molecule has 1 aliphatic rings. The third-order valence-corrected chi connectivity index (χ3v) is 4.51. The molecule has 0 bridgehead atoms. The highest BCUT2D eigenvalue weighted by atomic mass is 16.7. The molecule has 0 radical (unpaired) electrons. The van der Waals surface area contributed by atoms with Gasteiger partial charge in [-0.3, -0.25) is 9.59 Å². The summed E-state index contributed by atoms with van der Waals surface area (Å²) >= 11 is 0. The first-order valence-electron chi connectivity index (χ1n) is 10.1. The summed E-state index contributed by atoms with van der Waals surface area (Å²) in [6.45, 7) is 2.75. The highest BCUT2D eigenvalue weighted by Gasteiger charge is 2.45. The first-order valence-corrected chi connectivity index (χ1v) is 10.1. The van der Waals surface area contributed by atoms with Crippen molar-refractivity contribution in [2.75, 3.05) is 19.8 Å². The van der Waals surface area contributed by atoms with Crippen molar-refractivity contribution < 1.29 is 49.0 Å². The second-order valence-electron chi connectivity index (χ2n) is 7.03. The Kier molecular flexibility index (Phi) is 12.3. The van der Waals surface area contributed by atoms with Crippen LogP contribution in [0.3, 0.4) is 0 Å². The van der Waals surface area contributed by atoms with Gasteiger partial charge in [-0.25, -0.2) is 0 Å². The number of carbonyl (C=O) groups is 2. The van der Waals surface area contributed by atoms with Crippen molar-refractivity contribution in [2.45, 2.75) is 89.2 Å². The van der Waals surface area contributed by atoms with E-state index in [1.807, 2.05) is 13.8 Å². The van der Waals surface area contributed by atoms with Crippen LogP contribution in [0.1, 0.15) is 52.4 Å². The van der Waals surface area contributed by atoms with E-state index in [2.05, 4.69) is 0 Å². The third-order valence-electron chi connectivity index (χ3n) is 4.51. The molecule has 0 aromatic rings. The summed E-state index contributed by atoms with van der Waals surface area (Å²) in [6, 6.07) is 0. The lowest BCUT2D eigenvalue weighted by molar-refractivity contribution is -0.315. The molecule has 1 rings (SSSR count). The number of hydrogen-bond acceptors (Lipinski definition) is 10. The number of esters is 2. The van der Waals surface area contributed by atoms with E-state index in [1.165, 1.54) is 0 Å². The molecule has 1 fully saturated rings. The van der Waals surface area contributed by atoms with Gasteiger partial charge in [0, 0.05) is 12.8 Å². The summed E-state index contributed by atoms with van der Waals surface area (Å²) in [7, 11) is 0. The second kappa shape index (κ2) is 13.8. The standard InChI is InChI=1S/C19H34O10/c1-3-5-7-14(21)26-10-12(9-20)28-19-18(25)17(24)16(23)13(29-19)11-27-15(22)8-6-4-2/h12-13,16-20,23-25H,3-11H2,1-2H3/t12-,13+,16-,17-,18+,19+/m0/s1. The van der Waals surface area contributed by atoms with Crippen LogP contribution in [0.25, 0.3) is 0 Å². The largest absolute Gasteiger partial charge is 0.463 e. The van der Waals surface area contributed by atoms with E-state index >= 15 is 0 Å². The zero-order chi connectivity index (χ0) is 21.8. The zero-order valence-corrected chi connectivity index (χ0v) is 17.1. The van der Waals surface area contributed by atoms with Crippen LogP contribution in [0.4, 0.5) is 0 Å². The number of rotatable bonds is 13. The molecule has 10 nitrogen and oxygen atoms in total. The number of hydrogen-bond donors (Lipinski definition) is 4. The summed E-state index contributed by atoms with van der Waals surface area (Å²) in [6.07, 6.45) is -4.80. The SMILES string of the molecule is CCCCC(=O)OC[C@H](CO)O[C@@H]1O[C@H](COC(=O)CCCC)[C@H](O)[C@H](O)[C@H]1O. The molecule has 4 N–H and O–H groups in total. The molecule has 0 spiro atoms. The minimum atomic E-state index is -1.61. The maximum absolute atomic E-state index is 11.6. The van der Waals surface area contributed by atoms with E-state index in [0.29, 0.717) is 12.8 Å². The van der Waals surface area contributed by atoms with Gasteiger partial charge in [0.25, 0.3) is 0 Å². The van der Waals surface area contributed by atoms with Gasteiger partial charge in [-0.05, 0) is 12.8 Å². The van der Waals surface area contributed by atoms with E-state index < -0.39 is 55.4 Å². The summed E-state index contributed by atoms with van der Waals surface area (Å²) in [4.78, 5) is 23.2. The van der Waals surface area contributed by atoms with Gasteiger partial charge in [-0.2, -0.15) is 0 Å². The van der Waals surface area contributed by atoms with Crippen molar-refractivity contribution in [1.29, 1.82) is 0 Å². The Bertz CT molecular complexity index is 484.